The number of aromatic nitrogens is 3. The van der Waals surface area contributed by atoms with Crippen LogP contribution < -0.4 is 5.32 Å². The predicted molar refractivity (Wildman–Crippen MR) is 141 cm³/mol. The molecular weight excluding hydrogens is 434 g/mol. The van der Waals surface area contributed by atoms with Crippen LogP contribution in [0.3, 0.4) is 0 Å². The predicted octanol–water partition coefficient (Wildman–Crippen LogP) is 5.49. The molecule has 5 rings (SSSR count). The van der Waals surface area contributed by atoms with Crippen molar-refractivity contribution < 1.29 is 4.79 Å². The highest BCUT2D eigenvalue weighted by molar-refractivity contribution is 5.90. The number of carbonyl (C=O) groups excluding carboxylic acids is 1. The van der Waals surface area contributed by atoms with Gasteiger partial charge in [-0.1, -0.05) is 42.5 Å². The lowest BCUT2D eigenvalue weighted by molar-refractivity contribution is -0.116. The molecule has 0 radical (unpaired) electrons. The van der Waals surface area contributed by atoms with Gasteiger partial charge in [0.05, 0.1) is 5.69 Å². The summed E-state index contributed by atoms with van der Waals surface area (Å²) in [6, 6.07) is 18.5. The van der Waals surface area contributed by atoms with E-state index in [0.29, 0.717) is 12.8 Å². The van der Waals surface area contributed by atoms with Gasteiger partial charge in [0.1, 0.15) is 0 Å². The Bertz CT molecular complexity index is 1340. The number of benzene rings is 2. The number of nitrogens with zero attached hydrogens (tertiary/aromatic N) is 4. The number of likely N-dealkylation sites (tertiary alicyclic amines) is 1. The third-order valence-corrected chi connectivity index (χ3v) is 7.01. The van der Waals surface area contributed by atoms with E-state index in [4.69, 9.17) is 10.1 Å². The average Bonchev–Trinajstić information content (AvgIpc) is 3.48. The Labute approximate surface area is 207 Å². The molecule has 0 atom stereocenters. The maximum atomic E-state index is 12.7. The molecule has 1 N–H and O–H groups in total. The van der Waals surface area contributed by atoms with Gasteiger partial charge in [-0.2, -0.15) is 5.10 Å². The fourth-order valence-electron chi connectivity index (χ4n) is 5.13. The second kappa shape index (κ2) is 10.0. The third kappa shape index (κ3) is 4.98. The molecule has 2 aromatic heterocycles. The molecule has 0 bridgehead atoms. The molecule has 0 aliphatic carbocycles. The number of fused-ring (bicyclic) bond motifs is 1. The lowest BCUT2D eigenvalue weighted by Crippen LogP contribution is -2.18. The van der Waals surface area contributed by atoms with Crippen molar-refractivity contribution in [1.82, 2.24) is 19.5 Å². The average molecular weight is 468 g/mol. The van der Waals surface area contributed by atoms with E-state index in [0.717, 1.165) is 51.7 Å². The van der Waals surface area contributed by atoms with Crippen LogP contribution in [0.5, 0.6) is 0 Å². The summed E-state index contributed by atoms with van der Waals surface area (Å²) in [7, 11) is 0. The molecule has 6 heteroatoms. The van der Waals surface area contributed by atoms with Crippen molar-refractivity contribution in [3.8, 4) is 11.1 Å². The van der Waals surface area contributed by atoms with Crippen molar-refractivity contribution in [1.29, 1.82) is 0 Å². The number of anilines is 1. The Hall–Kier alpha value is -3.51. The zero-order valence-electron chi connectivity index (χ0n) is 20.8. The Morgan fingerprint density at radius 3 is 2.37 bits per heavy atom. The second-order valence-corrected chi connectivity index (χ2v) is 9.55. The molecule has 180 valence electrons. The van der Waals surface area contributed by atoms with E-state index in [1.165, 1.54) is 31.5 Å². The van der Waals surface area contributed by atoms with Crippen molar-refractivity contribution in [2.45, 2.75) is 53.0 Å². The van der Waals surface area contributed by atoms with Crippen LogP contribution in [0.4, 0.5) is 5.69 Å². The van der Waals surface area contributed by atoms with Gasteiger partial charge in [-0.25, -0.2) is 9.50 Å². The maximum absolute atomic E-state index is 12.7. The number of nitrogens with one attached hydrogen (secondary N) is 1. The monoisotopic (exact) mass is 467 g/mol. The second-order valence-electron chi connectivity index (χ2n) is 9.55. The van der Waals surface area contributed by atoms with Crippen molar-refractivity contribution in [3.63, 3.8) is 0 Å². The molecule has 0 spiro atoms. The minimum atomic E-state index is 0.0119. The smallest absolute Gasteiger partial charge is 0.224 e. The van der Waals surface area contributed by atoms with Gasteiger partial charge in [0.2, 0.25) is 5.91 Å². The first-order chi connectivity index (χ1) is 17.0. The summed E-state index contributed by atoms with van der Waals surface area (Å²) in [5.74, 6) is 0.0119. The topological polar surface area (TPSA) is 62.5 Å². The summed E-state index contributed by atoms with van der Waals surface area (Å²) in [6.07, 6.45) is 3.61. The van der Waals surface area contributed by atoms with Crippen molar-refractivity contribution in [3.05, 3.63) is 82.8 Å². The molecule has 1 saturated heterocycles. The summed E-state index contributed by atoms with van der Waals surface area (Å²) in [4.78, 5) is 20.1. The molecule has 35 heavy (non-hydrogen) atoms. The van der Waals surface area contributed by atoms with Gasteiger partial charge in [-0.15, -0.1) is 0 Å². The van der Waals surface area contributed by atoms with Crippen LogP contribution in [-0.4, -0.2) is 38.5 Å². The van der Waals surface area contributed by atoms with Crippen LogP contribution in [0.1, 0.15) is 47.5 Å². The largest absolute Gasteiger partial charge is 0.326 e. The molecular formula is C29H33N5O. The Balaban J connectivity index is 1.27. The molecule has 1 aliphatic heterocycles. The first-order valence-electron chi connectivity index (χ1n) is 12.5. The van der Waals surface area contributed by atoms with Gasteiger partial charge in [0.25, 0.3) is 0 Å². The zero-order valence-corrected chi connectivity index (χ0v) is 20.8. The van der Waals surface area contributed by atoms with Crippen LogP contribution in [0.25, 0.3) is 16.8 Å². The maximum Gasteiger partial charge on any atom is 0.224 e. The van der Waals surface area contributed by atoms with E-state index in [2.05, 4.69) is 41.4 Å². The van der Waals surface area contributed by atoms with Gasteiger partial charge < -0.3 is 5.32 Å². The molecule has 6 nitrogen and oxygen atoms in total. The number of carbonyl (C=O) groups is 1. The Morgan fingerprint density at radius 2 is 1.66 bits per heavy atom. The van der Waals surface area contributed by atoms with Crippen molar-refractivity contribution in [2.75, 3.05) is 18.4 Å². The van der Waals surface area contributed by atoms with Crippen LogP contribution >= 0.6 is 0 Å². The quantitative estimate of drug-likeness (QED) is 0.390. The van der Waals surface area contributed by atoms with E-state index in [1.807, 2.05) is 48.7 Å². The van der Waals surface area contributed by atoms with Crippen LogP contribution in [-0.2, 0) is 17.8 Å². The van der Waals surface area contributed by atoms with Crippen molar-refractivity contribution in [2.24, 2.45) is 0 Å². The number of amides is 1. The van der Waals surface area contributed by atoms with Gasteiger partial charge >= 0.3 is 0 Å². The Kier molecular flexibility index (Phi) is 6.64. The SMILES string of the molecule is Cc1nc2c(-c3ccccc3)c(C)nn2c(C)c1CCC(=O)Nc1ccc(CN2CCCC2)cc1. The summed E-state index contributed by atoms with van der Waals surface area (Å²) < 4.78 is 1.93. The van der Waals surface area contributed by atoms with E-state index >= 15 is 0 Å². The summed E-state index contributed by atoms with van der Waals surface area (Å²) >= 11 is 0. The van der Waals surface area contributed by atoms with E-state index in [-0.39, 0.29) is 5.91 Å². The molecule has 0 saturated carbocycles. The molecule has 1 amide bonds. The fourth-order valence-corrected chi connectivity index (χ4v) is 5.13. The first kappa shape index (κ1) is 23.2. The highest BCUT2D eigenvalue weighted by atomic mass is 16.1. The van der Waals surface area contributed by atoms with Gasteiger partial charge in [-0.3, -0.25) is 9.69 Å². The Morgan fingerprint density at radius 1 is 0.943 bits per heavy atom. The molecule has 4 aromatic rings. The van der Waals surface area contributed by atoms with Gasteiger partial charge in [0, 0.05) is 35.6 Å². The van der Waals surface area contributed by atoms with E-state index < -0.39 is 0 Å². The number of hydrogen-bond acceptors (Lipinski definition) is 4. The standard InChI is InChI=1S/C29H33N5O/c1-20-26(22(3)34-29(30-20)28(21(2)32-34)24-9-5-4-6-10-24)15-16-27(35)31-25-13-11-23(12-14-25)19-33-17-7-8-18-33/h4-6,9-14H,7-8,15-19H2,1-3H3,(H,31,35). The van der Waals surface area contributed by atoms with E-state index in [1.54, 1.807) is 0 Å². The van der Waals surface area contributed by atoms with Gasteiger partial charge in [-0.05, 0) is 81.9 Å². The van der Waals surface area contributed by atoms with Crippen LogP contribution in [0.15, 0.2) is 54.6 Å². The normalized spacial score (nSPS) is 14.0. The highest BCUT2D eigenvalue weighted by Crippen LogP contribution is 2.29. The summed E-state index contributed by atoms with van der Waals surface area (Å²) in [5.41, 5.74) is 9.20. The number of rotatable bonds is 7. The van der Waals surface area contributed by atoms with Crippen LogP contribution in [0.2, 0.25) is 0 Å². The van der Waals surface area contributed by atoms with Crippen molar-refractivity contribution >= 4 is 17.2 Å². The minimum absolute atomic E-state index is 0.0119. The summed E-state index contributed by atoms with van der Waals surface area (Å²) in [5, 5.41) is 7.83. The highest BCUT2D eigenvalue weighted by Gasteiger charge is 2.18. The van der Waals surface area contributed by atoms with Crippen LogP contribution in [0, 0.1) is 20.8 Å². The summed E-state index contributed by atoms with van der Waals surface area (Å²) in [6.45, 7) is 9.47. The first-order valence-corrected chi connectivity index (χ1v) is 12.5. The molecule has 1 fully saturated rings. The fraction of sp³-hybridized carbons (Fsp3) is 0.345. The zero-order chi connectivity index (χ0) is 24.4. The molecule has 3 heterocycles. The van der Waals surface area contributed by atoms with E-state index in [9.17, 15) is 4.79 Å². The number of aryl methyl sites for hydroxylation is 3. The number of hydrogen-bond donors (Lipinski definition) is 1. The molecule has 2 aromatic carbocycles. The molecule has 1 aliphatic rings. The lowest BCUT2D eigenvalue weighted by atomic mass is 10.0. The third-order valence-electron chi connectivity index (χ3n) is 7.01. The van der Waals surface area contributed by atoms with Gasteiger partial charge in [0.15, 0.2) is 5.65 Å². The lowest BCUT2D eigenvalue weighted by Gasteiger charge is -2.15. The molecule has 0 unspecified atom stereocenters. The minimum Gasteiger partial charge on any atom is -0.326 e.